The Morgan fingerprint density at radius 2 is 1.90 bits per heavy atom. The van der Waals surface area contributed by atoms with Crippen LogP contribution >= 0.6 is 0 Å². The largest absolute Gasteiger partial charge is 0.259 e. The van der Waals surface area contributed by atoms with E-state index in [1.54, 1.807) is 0 Å². The first-order chi connectivity index (χ1) is 14.6. The Hall–Kier alpha value is -3.42. The number of rotatable bonds is 8. The van der Waals surface area contributed by atoms with Gasteiger partial charge in [-0.2, -0.15) is 10.3 Å². The van der Waals surface area contributed by atoms with Gasteiger partial charge < -0.3 is 0 Å². The Balaban J connectivity index is 1.58. The highest BCUT2D eigenvalue weighted by molar-refractivity contribution is 5.79. The zero-order valence-electron chi connectivity index (χ0n) is 17.6. The minimum atomic E-state index is 0.534. The summed E-state index contributed by atoms with van der Waals surface area (Å²) in [6.07, 6.45) is 4.74. The molecule has 0 aliphatic heterocycles. The van der Waals surface area contributed by atoms with Crippen LogP contribution in [0, 0.1) is 5.92 Å². The smallest absolute Gasteiger partial charge is 0.205 e. The fourth-order valence-electron chi connectivity index (χ4n) is 3.45. The van der Waals surface area contributed by atoms with Gasteiger partial charge >= 0.3 is 0 Å². The molecule has 0 saturated carbocycles. The lowest BCUT2D eigenvalue weighted by Gasteiger charge is -2.08. The van der Waals surface area contributed by atoms with Crippen molar-refractivity contribution in [2.24, 2.45) is 5.92 Å². The third-order valence-corrected chi connectivity index (χ3v) is 4.82. The molecule has 30 heavy (non-hydrogen) atoms. The Morgan fingerprint density at radius 1 is 1.07 bits per heavy atom. The fraction of sp³-hybridized carbons (Fsp3) is 0.364. The predicted molar refractivity (Wildman–Crippen MR) is 115 cm³/mol. The van der Waals surface area contributed by atoms with Crippen molar-refractivity contribution in [3.63, 3.8) is 0 Å². The second-order valence-electron chi connectivity index (χ2n) is 7.77. The van der Waals surface area contributed by atoms with E-state index in [4.69, 9.17) is 15.1 Å². The topological polar surface area (TPSA) is 98.1 Å². The van der Waals surface area contributed by atoms with Crippen LogP contribution < -0.4 is 0 Å². The number of nitrogens with one attached hydrogen (secondary N) is 1. The summed E-state index contributed by atoms with van der Waals surface area (Å²) in [7, 11) is 0. The SMILES string of the molecule is CCCc1nc(CC(C)C)nn1Cc1ccc(-c2ccccc2-c2nn[nH]n2)cn1. The summed E-state index contributed by atoms with van der Waals surface area (Å²) in [6.45, 7) is 7.16. The summed E-state index contributed by atoms with van der Waals surface area (Å²) in [5.74, 6) is 3.05. The van der Waals surface area contributed by atoms with Crippen molar-refractivity contribution in [1.82, 2.24) is 40.4 Å². The molecular weight excluding hydrogens is 376 g/mol. The Labute approximate surface area is 175 Å². The van der Waals surface area contributed by atoms with E-state index in [0.29, 0.717) is 18.3 Å². The van der Waals surface area contributed by atoms with Crippen molar-refractivity contribution in [2.75, 3.05) is 0 Å². The Kier molecular flexibility index (Phi) is 5.92. The highest BCUT2D eigenvalue weighted by Gasteiger charge is 2.13. The number of aromatic amines is 1. The molecule has 0 amide bonds. The number of benzene rings is 1. The number of hydrogen-bond acceptors (Lipinski definition) is 6. The van der Waals surface area contributed by atoms with Crippen molar-refractivity contribution < 1.29 is 0 Å². The van der Waals surface area contributed by atoms with E-state index in [-0.39, 0.29) is 0 Å². The molecule has 4 aromatic rings. The molecule has 0 atom stereocenters. The second kappa shape index (κ2) is 8.94. The molecule has 8 nitrogen and oxygen atoms in total. The van der Waals surface area contributed by atoms with Gasteiger partial charge in [-0.1, -0.05) is 51.1 Å². The van der Waals surface area contributed by atoms with Crippen molar-refractivity contribution in [3.05, 3.63) is 59.9 Å². The van der Waals surface area contributed by atoms with Crippen LogP contribution in [0.25, 0.3) is 22.5 Å². The van der Waals surface area contributed by atoms with Crippen LogP contribution in [-0.2, 0) is 19.4 Å². The maximum atomic E-state index is 4.74. The molecule has 3 aromatic heterocycles. The molecule has 0 bridgehead atoms. The van der Waals surface area contributed by atoms with Gasteiger partial charge in [-0.3, -0.25) is 4.98 Å². The molecule has 0 spiro atoms. The molecule has 4 rings (SSSR count). The molecule has 0 aliphatic rings. The summed E-state index contributed by atoms with van der Waals surface area (Å²) >= 11 is 0. The van der Waals surface area contributed by atoms with Crippen LogP contribution in [0.1, 0.15) is 44.5 Å². The number of hydrogen-bond donors (Lipinski definition) is 1. The zero-order valence-corrected chi connectivity index (χ0v) is 17.6. The van der Waals surface area contributed by atoms with Gasteiger partial charge in [0.2, 0.25) is 5.82 Å². The molecule has 3 heterocycles. The van der Waals surface area contributed by atoms with Gasteiger partial charge in [0.15, 0.2) is 5.82 Å². The normalized spacial score (nSPS) is 11.3. The van der Waals surface area contributed by atoms with Gasteiger partial charge in [0.05, 0.1) is 12.2 Å². The molecule has 154 valence electrons. The average molecular weight is 403 g/mol. The lowest BCUT2D eigenvalue weighted by atomic mass is 10.0. The number of aryl methyl sites for hydroxylation is 1. The van der Waals surface area contributed by atoms with Gasteiger partial charge in [-0.15, -0.1) is 10.2 Å². The highest BCUT2D eigenvalue weighted by Crippen LogP contribution is 2.29. The Morgan fingerprint density at radius 3 is 2.57 bits per heavy atom. The van der Waals surface area contributed by atoms with Crippen LogP contribution in [0.3, 0.4) is 0 Å². The molecule has 0 aliphatic carbocycles. The minimum Gasteiger partial charge on any atom is -0.259 e. The second-order valence-corrected chi connectivity index (χ2v) is 7.77. The monoisotopic (exact) mass is 402 g/mol. The van der Waals surface area contributed by atoms with E-state index in [2.05, 4.69) is 47.5 Å². The fourth-order valence-corrected chi connectivity index (χ4v) is 3.45. The molecule has 1 N–H and O–H groups in total. The first-order valence-corrected chi connectivity index (χ1v) is 10.3. The lowest BCUT2D eigenvalue weighted by Crippen LogP contribution is -2.08. The van der Waals surface area contributed by atoms with Crippen molar-refractivity contribution >= 4 is 0 Å². The number of nitrogens with zero attached hydrogens (tertiary/aromatic N) is 7. The van der Waals surface area contributed by atoms with Gasteiger partial charge in [0, 0.05) is 30.2 Å². The summed E-state index contributed by atoms with van der Waals surface area (Å²) < 4.78 is 2.00. The molecule has 0 unspecified atom stereocenters. The summed E-state index contributed by atoms with van der Waals surface area (Å²) in [4.78, 5) is 9.43. The van der Waals surface area contributed by atoms with E-state index in [1.807, 2.05) is 41.2 Å². The average Bonchev–Trinajstić information content (AvgIpc) is 3.39. The molecular formula is C22H26N8. The molecule has 8 heteroatoms. The van der Waals surface area contributed by atoms with Crippen LogP contribution in [0.4, 0.5) is 0 Å². The molecule has 0 radical (unpaired) electrons. The van der Waals surface area contributed by atoms with Crippen molar-refractivity contribution in [3.8, 4) is 22.5 Å². The van der Waals surface area contributed by atoms with E-state index < -0.39 is 0 Å². The molecule has 0 saturated heterocycles. The molecule has 1 aromatic carbocycles. The lowest BCUT2D eigenvalue weighted by molar-refractivity contribution is 0.591. The maximum Gasteiger partial charge on any atom is 0.205 e. The summed E-state index contributed by atoms with van der Waals surface area (Å²) in [5, 5.41) is 19.1. The summed E-state index contributed by atoms with van der Waals surface area (Å²) in [5.41, 5.74) is 3.89. The van der Waals surface area contributed by atoms with Crippen LogP contribution in [0.5, 0.6) is 0 Å². The minimum absolute atomic E-state index is 0.534. The van der Waals surface area contributed by atoms with Gasteiger partial charge in [-0.25, -0.2) is 9.67 Å². The van der Waals surface area contributed by atoms with Crippen molar-refractivity contribution in [1.29, 1.82) is 0 Å². The number of pyridine rings is 1. The maximum absolute atomic E-state index is 4.74. The molecule has 0 fully saturated rings. The van der Waals surface area contributed by atoms with Crippen LogP contribution in [0.2, 0.25) is 0 Å². The first-order valence-electron chi connectivity index (χ1n) is 10.3. The van der Waals surface area contributed by atoms with Crippen molar-refractivity contribution in [2.45, 2.75) is 46.6 Å². The first kappa shape index (κ1) is 19.9. The van der Waals surface area contributed by atoms with E-state index in [0.717, 1.165) is 53.3 Å². The standard InChI is InChI=1S/C22H26N8/c1-4-7-21-24-20(12-15(2)3)27-30(21)14-17-11-10-16(13-23-17)18-8-5-6-9-19(18)22-25-28-29-26-22/h5-6,8-11,13,15H,4,7,12,14H2,1-3H3,(H,25,26,28,29). The predicted octanol–water partition coefficient (Wildman–Crippen LogP) is 3.72. The Bertz CT molecular complexity index is 1080. The van der Waals surface area contributed by atoms with Crippen LogP contribution in [0.15, 0.2) is 42.6 Å². The van der Waals surface area contributed by atoms with E-state index >= 15 is 0 Å². The van der Waals surface area contributed by atoms with Gasteiger partial charge in [0.1, 0.15) is 5.82 Å². The quantitative estimate of drug-likeness (QED) is 0.482. The van der Waals surface area contributed by atoms with E-state index in [1.165, 1.54) is 0 Å². The summed E-state index contributed by atoms with van der Waals surface area (Å²) in [6, 6.07) is 12.1. The highest BCUT2D eigenvalue weighted by atomic mass is 15.5. The number of aromatic nitrogens is 8. The third kappa shape index (κ3) is 4.42. The number of tetrazole rings is 1. The zero-order chi connectivity index (χ0) is 20.9. The van der Waals surface area contributed by atoms with Gasteiger partial charge in [-0.05, 0) is 29.2 Å². The van der Waals surface area contributed by atoms with E-state index in [9.17, 15) is 0 Å². The number of H-pyrrole nitrogens is 1. The van der Waals surface area contributed by atoms with Gasteiger partial charge in [0.25, 0.3) is 0 Å². The third-order valence-electron chi connectivity index (χ3n) is 4.82. The van der Waals surface area contributed by atoms with Crippen LogP contribution in [-0.4, -0.2) is 40.4 Å².